The second-order valence-corrected chi connectivity index (χ2v) is 13.6. The summed E-state index contributed by atoms with van der Waals surface area (Å²) in [6, 6.07) is 0. The molecule has 1 aromatic heterocycles. The number of hydrogen-bond donors (Lipinski definition) is 4. The van der Waals surface area contributed by atoms with Crippen LogP contribution in [-0.4, -0.2) is 50.7 Å². The Morgan fingerprint density at radius 3 is 2.24 bits per heavy atom. The standard InChI is InChI=1S/C12H22N2O15P4/c1-8-6-14(12(16)13-11(8)15)10-5-4-9(26-10)7-25-31(18,19)28-33(22,23)29-32(20,21)27-30(3,17)24-2/h6,9-10H,4-5,7H2,1-3H3,(H,18,19)(H,20,21)(H,22,23)(H,13,15,16)/t9-,10+,30?/m0/s1. The van der Waals surface area contributed by atoms with Gasteiger partial charge in [0.2, 0.25) is 0 Å². The van der Waals surface area contributed by atoms with Crippen LogP contribution in [0.1, 0.15) is 24.6 Å². The molecule has 2 rings (SSSR count). The molecule has 2 heterocycles. The van der Waals surface area contributed by atoms with E-state index in [1.54, 1.807) is 0 Å². The summed E-state index contributed by atoms with van der Waals surface area (Å²) in [6.07, 6.45) is 0.0836. The lowest BCUT2D eigenvalue weighted by Gasteiger charge is -2.20. The van der Waals surface area contributed by atoms with Crippen molar-refractivity contribution in [2.75, 3.05) is 20.4 Å². The number of nitrogens with one attached hydrogen (secondary N) is 1. The number of aryl methyl sites for hydroxylation is 1. The molecule has 0 aromatic carbocycles. The number of aromatic amines is 1. The Balaban J connectivity index is 1.95. The topological polar surface area (TPSA) is 239 Å². The van der Waals surface area contributed by atoms with Crippen LogP contribution in [0, 0.1) is 6.92 Å². The number of ether oxygens (including phenoxy) is 1. The van der Waals surface area contributed by atoms with Gasteiger partial charge >= 0.3 is 36.8 Å². The predicted octanol–water partition coefficient (Wildman–Crippen LogP) is 1.36. The van der Waals surface area contributed by atoms with E-state index in [0.29, 0.717) is 0 Å². The molecule has 0 saturated carbocycles. The maximum Gasteiger partial charge on any atom is 0.490 e. The third-order valence-corrected chi connectivity index (χ3v) is 10.4. The molecule has 1 aromatic rings. The van der Waals surface area contributed by atoms with Crippen molar-refractivity contribution in [2.45, 2.75) is 32.1 Å². The molecule has 17 nitrogen and oxygen atoms in total. The van der Waals surface area contributed by atoms with Crippen LogP contribution in [-0.2, 0) is 45.0 Å². The zero-order valence-corrected chi connectivity index (χ0v) is 20.9. The Kier molecular flexibility index (Phi) is 9.03. The van der Waals surface area contributed by atoms with E-state index in [4.69, 9.17) is 4.74 Å². The van der Waals surface area contributed by atoms with Gasteiger partial charge in [-0.25, -0.2) is 22.8 Å². The molecule has 1 saturated heterocycles. The summed E-state index contributed by atoms with van der Waals surface area (Å²) >= 11 is 0. The molecular formula is C12H22N2O15P4. The van der Waals surface area contributed by atoms with Crippen molar-refractivity contribution in [3.05, 3.63) is 32.6 Å². The highest BCUT2D eigenvalue weighted by molar-refractivity contribution is 7.70. The first-order chi connectivity index (χ1) is 14.9. The van der Waals surface area contributed by atoms with E-state index >= 15 is 0 Å². The number of aromatic nitrogens is 2. The molecule has 0 radical (unpaired) electrons. The Morgan fingerprint density at radius 2 is 1.64 bits per heavy atom. The van der Waals surface area contributed by atoms with E-state index in [0.717, 1.165) is 18.3 Å². The zero-order valence-electron chi connectivity index (χ0n) is 17.3. The van der Waals surface area contributed by atoms with Crippen LogP contribution in [0.5, 0.6) is 0 Å². The van der Waals surface area contributed by atoms with Gasteiger partial charge in [-0.3, -0.25) is 23.4 Å². The average Bonchev–Trinajstić information content (AvgIpc) is 3.09. The predicted molar refractivity (Wildman–Crippen MR) is 108 cm³/mol. The monoisotopic (exact) mass is 558 g/mol. The second kappa shape index (κ2) is 10.5. The number of H-pyrrole nitrogens is 1. The van der Waals surface area contributed by atoms with Crippen molar-refractivity contribution < 1.29 is 59.7 Å². The molecule has 4 N–H and O–H groups in total. The van der Waals surface area contributed by atoms with Gasteiger partial charge in [-0.1, -0.05) is 0 Å². The van der Waals surface area contributed by atoms with Crippen molar-refractivity contribution in [3.63, 3.8) is 0 Å². The first kappa shape index (κ1) is 28.5. The number of nitrogens with zero attached hydrogens (tertiary/aromatic N) is 1. The fourth-order valence-electron chi connectivity index (χ4n) is 2.53. The van der Waals surface area contributed by atoms with Crippen LogP contribution in [0.25, 0.3) is 0 Å². The summed E-state index contributed by atoms with van der Waals surface area (Å²) in [7, 11) is -19.9. The van der Waals surface area contributed by atoms with Gasteiger partial charge < -0.3 is 23.9 Å². The molecule has 0 amide bonds. The van der Waals surface area contributed by atoms with Crippen LogP contribution in [0.3, 0.4) is 0 Å². The first-order valence-corrected chi connectivity index (χ1v) is 15.3. The molecule has 0 spiro atoms. The lowest BCUT2D eigenvalue weighted by molar-refractivity contribution is -0.0244. The maximum absolute atomic E-state index is 12.0. The average molecular weight is 558 g/mol. The van der Waals surface area contributed by atoms with Crippen molar-refractivity contribution >= 4 is 31.1 Å². The Morgan fingerprint density at radius 1 is 1.06 bits per heavy atom. The maximum atomic E-state index is 12.0. The van der Waals surface area contributed by atoms with E-state index in [2.05, 4.69) is 27.0 Å². The quantitative estimate of drug-likeness (QED) is 0.280. The molecule has 1 aliphatic heterocycles. The Bertz CT molecular complexity index is 1180. The summed E-state index contributed by atoms with van der Waals surface area (Å²) in [4.78, 5) is 54.0. The highest BCUT2D eigenvalue weighted by atomic mass is 31.3. The van der Waals surface area contributed by atoms with Crippen molar-refractivity contribution in [2.24, 2.45) is 0 Å². The minimum Gasteiger partial charge on any atom is -0.352 e. The van der Waals surface area contributed by atoms with Crippen LogP contribution in [0.15, 0.2) is 15.8 Å². The number of phosphoric acid groups is 3. The number of phosphoric ester groups is 1. The van der Waals surface area contributed by atoms with Crippen LogP contribution in [0.2, 0.25) is 0 Å². The van der Waals surface area contributed by atoms with Gasteiger partial charge in [-0.15, -0.1) is 0 Å². The van der Waals surface area contributed by atoms with Gasteiger partial charge in [-0.2, -0.15) is 8.62 Å². The zero-order chi connectivity index (χ0) is 25.2. The molecule has 1 aliphatic rings. The van der Waals surface area contributed by atoms with Gasteiger partial charge in [0.05, 0.1) is 12.7 Å². The highest BCUT2D eigenvalue weighted by Crippen LogP contribution is 2.71. The Hall–Kier alpha value is -0.760. The minimum absolute atomic E-state index is 0.227. The molecule has 4 unspecified atom stereocenters. The normalized spacial score (nSPS) is 26.1. The smallest absolute Gasteiger partial charge is 0.352 e. The summed E-state index contributed by atoms with van der Waals surface area (Å²) in [5.41, 5.74) is -1.04. The third-order valence-electron chi connectivity index (χ3n) is 3.96. The molecule has 33 heavy (non-hydrogen) atoms. The number of rotatable bonds is 11. The summed E-state index contributed by atoms with van der Waals surface area (Å²) < 4.78 is 74.2. The van der Waals surface area contributed by atoms with Crippen molar-refractivity contribution in [3.8, 4) is 0 Å². The lowest BCUT2D eigenvalue weighted by atomic mass is 10.2. The van der Waals surface area contributed by atoms with Gasteiger partial charge in [0.15, 0.2) is 0 Å². The summed E-state index contributed by atoms with van der Waals surface area (Å²) in [5, 5.41) is 0. The van der Waals surface area contributed by atoms with Crippen molar-refractivity contribution in [1.82, 2.24) is 9.55 Å². The fraction of sp³-hybridized carbons (Fsp3) is 0.667. The Labute approximate surface area is 185 Å². The van der Waals surface area contributed by atoms with Gasteiger partial charge in [0.25, 0.3) is 5.56 Å². The van der Waals surface area contributed by atoms with E-state index < -0.39 is 61.3 Å². The lowest BCUT2D eigenvalue weighted by Crippen LogP contribution is -2.33. The van der Waals surface area contributed by atoms with Crippen molar-refractivity contribution in [1.29, 1.82) is 0 Å². The third kappa shape index (κ3) is 8.75. The molecular weight excluding hydrogens is 536 g/mol. The van der Waals surface area contributed by atoms with E-state index in [-0.39, 0.29) is 18.4 Å². The SMILES string of the molecule is COP(C)(=O)OP(=O)(O)OP(=O)(O)OP(=O)(O)OC[C@@H]1CC[C@H](n2cc(C)c(=O)[nH]c2=O)O1. The molecule has 6 atom stereocenters. The minimum atomic E-state index is -5.74. The van der Waals surface area contributed by atoms with Crippen LogP contribution >= 0.6 is 31.1 Å². The van der Waals surface area contributed by atoms with E-state index in [9.17, 15) is 42.5 Å². The summed E-state index contributed by atoms with van der Waals surface area (Å²) in [6.45, 7) is 1.58. The van der Waals surface area contributed by atoms with Crippen LogP contribution in [0.4, 0.5) is 0 Å². The second-order valence-electron chi connectivity index (χ2n) is 6.67. The van der Waals surface area contributed by atoms with E-state index in [1.165, 1.54) is 13.1 Å². The highest BCUT2D eigenvalue weighted by Gasteiger charge is 2.45. The molecule has 1 fully saturated rings. The molecule has 0 aliphatic carbocycles. The first-order valence-electron chi connectivity index (χ1n) is 8.82. The largest absolute Gasteiger partial charge is 0.490 e. The number of hydrogen-bond acceptors (Lipinski definition) is 12. The van der Waals surface area contributed by atoms with E-state index in [1.807, 2.05) is 0 Å². The molecule has 190 valence electrons. The van der Waals surface area contributed by atoms with Gasteiger partial charge in [-0.05, 0) is 19.8 Å². The summed E-state index contributed by atoms with van der Waals surface area (Å²) in [5.74, 6) is 0. The van der Waals surface area contributed by atoms with Gasteiger partial charge in [0.1, 0.15) is 6.23 Å². The van der Waals surface area contributed by atoms with Gasteiger partial charge in [0, 0.05) is 25.5 Å². The fourth-order valence-corrected chi connectivity index (χ4v) is 7.70. The molecule has 0 bridgehead atoms. The molecule has 21 heteroatoms. The van der Waals surface area contributed by atoms with Crippen LogP contribution < -0.4 is 11.2 Å².